The molecule has 1 amide bonds. The van der Waals surface area contributed by atoms with Gasteiger partial charge >= 0.3 is 0 Å². The van der Waals surface area contributed by atoms with Crippen LogP contribution in [0.1, 0.15) is 181 Å². The normalized spacial score (nSPS) is 28.7. The zero-order chi connectivity index (χ0) is 42.5. The lowest BCUT2D eigenvalue weighted by Gasteiger charge is -2.46. The number of hydrogen-bond donors (Lipinski definition) is 9. The van der Waals surface area contributed by atoms with Crippen molar-refractivity contribution in [2.24, 2.45) is 0 Å². The zero-order valence-electron chi connectivity index (χ0n) is 36.1. The van der Waals surface area contributed by atoms with Gasteiger partial charge in [0.25, 0.3) is 0 Å². The van der Waals surface area contributed by atoms with Crippen molar-refractivity contribution in [1.82, 2.24) is 5.32 Å². The molecule has 9 N–H and O–H groups in total. The molecule has 58 heavy (non-hydrogen) atoms. The standard InChI is InChI=1S/C44H85NO13/c1-3-5-7-9-11-12-13-14-15-16-17-18-19-20-22-23-25-27-33(48)32(45-36(49)28-26-24-21-10-8-6-4-2)31-55-43-41(54)39(52)42(35(30-47)57-43)58-44-40(53)38(51)37(50)34(29-46)56-44/h32-35,37-44,46-48,50-54H,3-31H2,1-2H3,(H,45,49)/t32-,33+,34+,35+,37-,38?,39?,40?,41?,42+,43+,44-/m0/s1. The molecule has 14 heteroatoms. The van der Waals surface area contributed by atoms with E-state index < -0.39 is 86.8 Å². The number of carbonyl (C=O) groups is 1. The molecule has 0 saturated carbocycles. The van der Waals surface area contributed by atoms with Crippen molar-refractivity contribution in [2.75, 3.05) is 19.8 Å². The molecule has 0 aromatic heterocycles. The summed E-state index contributed by atoms with van der Waals surface area (Å²) in [6, 6.07) is -0.818. The lowest BCUT2D eigenvalue weighted by atomic mass is 9.97. The number of nitrogens with one attached hydrogen (secondary N) is 1. The van der Waals surface area contributed by atoms with Gasteiger partial charge in [0, 0.05) is 6.42 Å². The molecule has 0 bridgehead atoms. The minimum Gasteiger partial charge on any atom is -0.394 e. The molecule has 344 valence electrons. The molecule has 2 fully saturated rings. The summed E-state index contributed by atoms with van der Waals surface area (Å²) < 4.78 is 22.6. The highest BCUT2D eigenvalue weighted by atomic mass is 16.7. The molecule has 0 radical (unpaired) electrons. The molecule has 0 aromatic carbocycles. The van der Waals surface area contributed by atoms with Crippen molar-refractivity contribution in [2.45, 2.75) is 254 Å². The quantitative estimate of drug-likeness (QED) is 0.0397. The minimum atomic E-state index is -1.78. The highest BCUT2D eigenvalue weighted by Gasteiger charge is 2.51. The molecule has 2 saturated heterocycles. The van der Waals surface area contributed by atoms with Crippen LogP contribution in [0.2, 0.25) is 0 Å². The molecule has 0 aromatic rings. The Morgan fingerprint density at radius 1 is 0.552 bits per heavy atom. The number of aliphatic hydroxyl groups is 8. The smallest absolute Gasteiger partial charge is 0.220 e. The van der Waals surface area contributed by atoms with Gasteiger partial charge in [-0.1, -0.05) is 162 Å². The molecule has 12 atom stereocenters. The highest BCUT2D eigenvalue weighted by Crippen LogP contribution is 2.30. The molecule has 2 aliphatic rings. The Kier molecular flexibility index (Phi) is 29.9. The summed E-state index contributed by atoms with van der Waals surface area (Å²) >= 11 is 0. The Balaban J connectivity index is 1.83. The summed E-state index contributed by atoms with van der Waals surface area (Å²) in [6.07, 6.45) is 12.8. The second-order valence-corrected chi connectivity index (χ2v) is 16.9. The molecular weight excluding hydrogens is 750 g/mol. The molecule has 0 aliphatic carbocycles. The number of rotatable bonds is 35. The summed E-state index contributed by atoms with van der Waals surface area (Å²) in [6.45, 7) is 2.79. The van der Waals surface area contributed by atoms with Crippen molar-refractivity contribution in [3.63, 3.8) is 0 Å². The second kappa shape index (κ2) is 32.7. The van der Waals surface area contributed by atoms with Gasteiger partial charge in [-0.3, -0.25) is 4.79 Å². The number of ether oxygens (including phenoxy) is 4. The van der Waals surface area contributed by atoms with Crippen molar-refractivity contribution in [3.05, 3.63) is 0 Å². The van der Waals surface area contributed by atoms with Crippen molar-refractivity contribution >= 4 is 5.91 Å². The van der Waals surface area contributed by atoms with Gasteiger partial charge in [-0.25, -0.2) is 0 Å². The van der Waals surface area contributed by atoms with Crippen LogP contribution in [0, 0.1) is 0 Å². The minimum absolute atomic E-state index is 0.213. The van der Waals surface area contributed by atoms with Crippen LogP contribution in [0.15, 0.2) is 0 Å². The Morgan fingerprint density at radius 2 is 0.983 bits per heavy atom. The molecule has 14 nitrogen and oxygen atoms in total. The number of amides is 1. The fourth-order valence-electron chi connectivity index (χ4n) is 7.94. The maximum absolute atomic E-state index is 13.0. The molecule has 0 spiro atoms. The fourth-order valence-corrected chi connectivity index (χ4v) is 7.94. The van der Waals surface area contributed by atoms with E-state index in [4.69, 9.17) is 18.9 Å². The van der Waals surface area contributed by atoms with Gasteiger partial charge in [-0.15, -0.1) is 0 Å². The topological polar surface area (TPSA) is 228 Å². The third kappa shape index (κ3) is 20.7. The van der Waals surface area contributed by atoms with E-state index in [1.54, 1.807) is 0 Å². The number of unbranched alkanes of at least 4 members (excludes halogenated alkanes) is 22. The predicted octanol–water partition coefficient (Wildman–Crippen LogP) is 4.66. The van der Waals surface area contributed by atoms with Crippen molar-refractivity contribution in [1.29, 1.82) is 0 Å². The summed E-state index contributed by atoms with van der Waals surface area (Å²) in [5, 5.41) is 86.5. The van der Waals surface area contributed by atoms with Crippen LogP contribution >= 0.6 is 0 Å². The van der Waals surface area contributed by atoms with Crippen LogP contribution in [-0.4, -0.2) is 140 Å². The zero-order valence-corrected chi connectivity index (χ0v) is 36.1. The maximum atomic E-state index is 13.0. The Hall–Kier alpha value is -1.01. The fraction of sp³-hybridized carbons (Fsp3) is 0.977. The molecular formula is C44H85NO13. The average Bonchev–Trinajstić information content (AvgIpc) is 3.22. The first kappa shape index (κ1) is 53.1. The average molecular weight is 836 g/mol. The highest BCUT2D eigenvalue weighted by molar-refractivity contribution is 5.76. The molecule has 4 unspecified atom stereocenters. The maximum Gasteiger partial charge on any atom is 0.220 e. The summed E-state index contributed by atoms with van der Waals surface area (Å²) in [5.74, 6) is -0.213. The van der Waals surface area contributed by atoms with E-state index in [-0.39, 0.29) is 12.5 Å². The van der Waals surface area contributed by atoms with Crippen LogP contribution in [-0.2, 0) is 23.7 Å². The van der Waals surface area contributed by atoms with Gasteiger partial charge in [-0.2, -0.15) is 0 Å². The van der Waals surface area contributed by atoms with E-state index in [9.17, 15) is 45.6 Å². The van der Waals surface area contributed by atoms with Gasteiger partial charge < -0.3 is 65.1 Å². The van der Waals surface area contributed by atoms with Gasteiger partial charge in [0.2, 0.25) is 5.91 Å². The third-order valence-electron chi connectivity index (χ3n) is 11.8. The predicted molar refractivity (Wildman–Crippen MR) is 222 cm³/mol. The first-order valence-electron chi connectivity index (χ1n) is 23.3. The van der Waals surface area contributed by atoms with Gasteiger partial charge in [-0.05, 0) is 12.8 Å². The van der Waals surface area contributed by atoms with E-state index in [2.05, 4.69) is 19.2 Å². The largest absolute Gasteiger partial charge is 0.394 e. The van der Waals surface area contributed by atoms with Crippen molar-refractivity contribution < 1.29 is 64.6 Å². The van der Waals surface area contributed by atoms with Gasteiger partial charge in [0.1, 0.15) is 48.8 Å². The van der Waals surface area contributed by atoms with Crippen LogP contribution in [0.4, 0.5) is 0 Å². The van der Waals surface area contributed by atoms with Crippen molar-refractivity contribution in [3.8, 4) is 0 Å². The van der Waals surface area contributed by atoms with E-state index in [0.29, 0.717) is 12.8 Å². The molecule has 2 aliphatic heterocycles. The number of aliphatic hydroxyl groups excluding tert-OH is 8. The lowest BCUT2D eigenvalue weighted by molar-refractivity contribution is -0.359. The first-order valence-corrected chi connectivity index (χ1v) is 23.3. The Morgan fingerprint density at radius 3 is 1.47 bits per heavy atom. The molecule has 2 rings (SSSR count). The van der Waals surface area contributed by atoms with E-state index in [1.807, 2.05) is 0 Å². The van der Waals surface area contributed by atoms with Gasteiger partial charge in [0.05, 0.1) is 32.0 Å². The summed E-state index contributed by atoms with van der Waals surface area (Å²) in [5.41, 5.74) is 0. The number of carbonyl (C=O) groups excluding carboxylic acids is 1. The van der Waals surface area contributed by atoms with E-state index >= 15 is 0 Å². The monoisotopic (exact) mass is 836 g/mol. The van der Waals surface area contributed by atoms with Crippen LogP contribution in [0.25, 0.3) is 0 Å². The molecule has 2 heterocycles. The Labute approximate surface area is 349 Å². The summed E-state index contributed by atoms with van der Waals surface area (Å²) in [7, 11) is 0. The second-order valence-electron chi connectivity index (χ2n) is 16.9. The van der Waals surface area contributed by atoms with Gasteiger partial charge in [0.15, 0.2) is 12.6 Å². The van der Waals surface area contributed by atoms with Crippen LogP contribution < -0.4 is 5.32 Å². The third-order valence-corrected chi connectivity index (χ3v) is 11.8. The number of hydrogen-bond acceptors (Lipinski definition) is 13. The van der Waals surface area contributed by atoms with Crippen LogP contribution in [0.3, 0.4) is 0 Å². The lowest BCUT2D eigenvalue weighted by Crippen LogP contribution is -2.65. The van der Waals surface area contributed by atoms with E-state index in [1.165, 1.54) is 103 Å². The van der Waals surface area contributed by atoms with E-state index in [0.717, 1.165) is 51.4 Å². The first-order chi connectivity index (χ1) is 28.1. The Bertz CT molecular complexity index is 993. The SMILES string of the molecule is CCCCCCCCCCCCCCCCCCC[C@@H](O)[C@H](CO[C@@H]1O[C@H](CO)[C@@H](O[C@@H]2O[C@H](CO)[C@H](O)C(O)C2O)C(O)C1O)NC(=O)CCCCCCCCC. The summed E-state index contributed by atoms with van der Waals surface area (Å²) in [4.78, 5) is 13.0. The van der Waals surface area contributed by atoms with Crippen LogP contribution in [0.5, 0.6) is 0 Å².